The number of rotatable bonds is 4. The van der Waals surface area contributed by atoms with Gasteiger partial charge in [-0.3, -0.25) is 0 Å². The number of imidazole rings is 1. The molecule has 2 aromatic carbocycles. The molecule has 0 spiro atoms. The number of para-hydroxylation sites is 1. The summed E-state index contributed by atoms with van der Waals surface area (Å²) in [5, 5.41) is 0. The van der Waals surface area contributed by atoms with Gasteiger partial charge in [-0.05, 0) is 37.0 Å². The molecule has 0 amide bonds. The van der Waals surface area contributed by atoms with E-state index >= 15 is 0 Å². The van der Waals surface area contributed by atoms with Gasteiger partial charge in [0.2, 0.25) is 0 Å². The Hall–Kier alpha value is -2.13. The highest BCUT2D eigenvalue weighted by molar-refractivity contribution is 5.79. The monoisotopic (exact) mass is 279 g/mol. The topological polar surface area (TPSA) is 43.8 Å². The van der Waals surface area contributed by atoms with Gasteiger partial charge in [-0.15, -0.1) is 0 Å². The van der Waals surface area contributed by atoms with Crippen LogP contribution in [-0.2, 0) is 13.5 Å². The highest BCUT2D eigenvalue weighted by Gasteiger charge is 2.15. The summed E-state index contributed by atoms with van der Waals surface area (Å²) in [5.74, 6) is 0.968. The minimum atomic E-state index is -0.0398. The number of aromatic nitrogens is 2. The summed E-state index contributed by atoms with van der Waals surface area (Å²) in [6.07, 6.45) is 1.88. The van der Waals surface area contributed by atoms with Crippen LogP contribution in [0.25, 0.3) is 11.0 Å². The van der Waals surface area contributed by atoms with Crippen LogP contribution in [0.1, 0.15) is 29.4 Å². The first kappa shape index (κ1) is 13.8. The van der Waals surface area contributed by atoms with E-state index in [1.165, 1.54) is 16.6 Å². The van der Waals surface area contributed by atoms with Gasteiger partial charge in [0.15, 0.2) is 0 Å². The molecule has 0 saturated carbocycles. The van der Waals surface area contributed by atoms with Crippen molar-refractivity contribution in [2.45, 2.75) is 25.8 Å². The molecule has 0 aliphatic rings. The predicted molar refractivity (Wildman–Crippen MR) is 87.1 cm³/mol. The lowest BCUT2D eigenvalue weighted by atomic mass is 10.1. The average molecular weight is 279 g/mol. The maximum Gasteiger partial charge on any atom is 0.126 e. The van der Waals surface area contributed by atoms with Crippen molar-refractivity contribution in [2.24, 2.45) is 12.8 Å². The first-order valence-electron chi connectivity index (χ1n) is 7.38. The first-order valence-corrected chi connectivity index (χ1v) is 7.38. The highest BCUT2D eigenvalue weighted by atomic mass is 15.1. The van der Waals surface area contributed by atoms with Gasteiger partial charge in [0, 0.05) is 7.05 Å². The number of fused-ring (bicyclic) bond motifs is 1. The molecule has 1 aromatic heterocycles. The molecule has 0 radical (unpaired) electrons. The van der Waals surface area contributed by atoms with Crippen molar-refractivity contribution < 1.29 is 0 Å². The van der Waals surface area contributed by atoms with Gasteiger partial charge in [0.05, 0.1) is 17.1 Å². The van der Waals surface area contributed by atoms with Gasteiger partial charge in [-0.25, -0.2) is 4.98 Å². The molecule has 3 rings (SSSR count). The van der Waals surface area contributed by atoms with Gasteiger partial charge in [-0.1, -0.05) is 42.5 Å². The molecule has 0 fully saturated rings. The van der Waals surface area contributed by atoms with E-state index in [9.17, 15) is 0 Å². The fourth-order valence-electron chi connectivity index (χ4n) is 2.91. The third kappa shape index (κ3) is 2.69. The zero-order valence-corrected chi connectivity index (χ0v) is 12.6. The molecule has 0 bridgehead atoms. The number of aryl methyl sites for hydroxylation is 3. The largest absolute Gasteiger partial charge is 0.330 e. The minimum absolute atomic E-state index is 0.0398. The van der Waals surface area contributed by atoms with E-state index in [4.69, 9.17) is 10.7 Å². The van der Waals surface area contributed by atoms with Crippen LogP contribution in [0.2, 0.25) is 0 Å². The second kappa shape index (κ2) is 5.70. The Morgan fingerprint density at radius 2 is 1.86 bits per heavy atom. The summed E-state index contributed by atoms with van der Waals surface area (Å²) in [6, 6.07) is 16.6. The molecule has 1 atom stereocenters. The maximum atomic E-state index is 6.37. The third-order valence-electron chi connectivity index (χ3n) is 4.05. The Morgan fingerprint density at radius 1 is 1.10 bits per heavy atom. The minimum Gasteiger partial charge on any atom is -0.330 e. The molecule has 0 aliphatic heterocycles. The third-order valence-corrected chi connectivity index (χ3v) is 4.05. The van der Waals surface area contributed by atoms with Crippen molar-refractivity contribution in [2.75, 3.05) is 0 Å². The van der Waals surface area contributed by atoms with Crippen molar-refractivity contribution in [3.63, 3.8) is 0 Å². The van der Waals surface area contributed by atoms with E-state index in [2.05, 4.69) is 54.9 Å². The molecule has 0 saturated heterocycles. The predicted octanol–water partition coefficient (Wildman–Crippen LogP) is 3.51. The fraction of sp³-hybridized carbons (Fsp3) is 0.278. The van der Waals surface area contributed by atoms with E-state index < -0.39 is 0 Å². The van der Waals surface area contributed by atoms with Gasteiger partial charge in [0.1, 0.15) is 5.82 Å². The molecule has 3 aromatic rings. The zero-order valence-electron chi connectivity index (χ0n) is 12.6. The SMILES string of the molecule is Cc1cccc2nc(C(N)CCc3ccccc3)n(C)c12. The Balaban J connectivity index is 1.83. The van der Waals surface area contributed by atoms with Crippen LogP contribution in [0.4, 0.5) is 0 Å². The number of hydrogen-bond acceptors (Lipinski definition) is 2. The summed E-state index contributed by atoms with van der Waals surface area (Å²) in [5.41, 5.74) is 11.1. The van der Waals surface area contributed by atoms with Gasteiger partial charge in [-0.2, -0.15) is 0 Å². The highest BCUT2D eigenvalue weighted by Crippen LogP contribution is 2.23. The summed E-state index contributed by atoms with van der Waals surface area (Å²) < 4.78 is 2.14. The van der Waals surface area contributed by atoms with Gasteiger partial charge in [0.25, 0.3) is 0 Å². The van der Waals surface area contributed by atoms with Crippen molar-refractivity contribution in [3.05, 3.63) is 65.5 Å². The van der Waals surface area contributed by atoms with Crippen LogP contribution >= 0.6 is 0 Å². The maximum absolute atomic E-state index is 6.37. The first-order chi connectivity index (χ1) is 10.2. The molecule has 21 heavy (non-hydrogen) atoms. The second-order valence-corrected chi connectivity index (χ2v) is 5.60. The summed E-state index contributed by atoms with van der Waals surface area (Å²) >= 11 is 0. The van der Waals surface area contributed by atoms with Crippen LogP contribution < -0.4 is 5.73 Å². The lowest BCUT2D eigenvalue weighted by molar-refractivity contribution is 0.592. The molecule has 1 heterocycles. The van der Waals surface area contributed by atoms with Crippen LogP contribution in [0.5, 0.6) is 0 Å². The van der Waals surface area contributed by atoms with Crippen molar-refractivity contribution in [1.29, 1.82) is 0 Å². The van der Waals surface area contributed by atoms with Crippen LogP contribution in [0.15, 0.2) is 48.5 Å². The quantitative estimate of drug-likeness (QED) is 0.794. The Bertz CT molecular complexity index is 744. The second-order valence-electron chi connectivity index (χ2n) is 5.60. The Kier molecular flexibility index (Phi) is 3.76. The summed E-state index contributed by atoms with van der Waals surface area (Å²) in [4.78, 5) is 4.72. The lowest BCUT2D eigenvalue weighted by Crippen LogP contribution is -2.16. The lowest BCUT2D eigenvalue weighted by Gasteiger charge is -2.12. The normalized spacial score (nSPS) is 12.7. The Labute approximate surface area is 125 Å². The Morgan fingerprint density at radius 3 is 2.57 bits per heavy atom. The standard InChI is InChI=1S/C18H21N3/c1-13-7-6-10-16-17(13)21(2)18(20-16)15(19)12-11-14-8-4-3-5-9-14/h3-10,15H,11-12,19H2,1-2H3. The molecule has 3 nitrogen and oxygen atoms in total. The van der Waals surface area contributed by atoms with Crippen molar-refractivity contribution in [1.82, 2.24) is 9.55 Å². The molecule has 3 heteroatoms. The van der Waals surface area contributed by atoms with E-state index in [-0.39, 0.29) is 6.04 Å². The molecular weight excluding hydrogens is 258 g/mol. The van der Waals surface area contributed by atoms with Crippen LogP contribution in [0.3, 0.4) is 0 Å². The van der Waals surface area contributed by atoms with E-state index in [1.807, 2.05) is 12.1 Å². The summed E-state index contributed by atoms with van der Waals surface area (Å²) in [6.45, 7) is 2.11. The molecular formula is C18H21N3. The smallest absolute Gasteiger partial charge is 0.126 e. The van der Waals surface area contributed by atoms with E-state index in [0.717, 1.165) is 24.2 Å². The zero-order chi connectivity index (χ0) is 14.8. The molecule has 2 N–H and O–H groups in total. The number of hydrogen-bond donors (Lipinski definition) is 1. The van der Waals surface area contributed by atoms with Crippen molar-refractivity contribution in [3.8, 4) is 0 Å². The summed E-state index contributed by atoms with van der Waals surface area (Å²) in [7, 11) is 2.06. The van der Waals surface area contributed by atoms with Crippen LogP contribution in [0, 0.1) is 6.92 Å². The van der Waals surface area contributed by atoms with Crippen molar-refractivity contribution >= 4 is 11.0 Å². The molecule has 0 aliphatic carbocycles. The van der Waals surface area contributed by atoms with E-state index in [0.29, 0.717) is 0 Å². The molecule has 1 unspecified atom stereocenters. The van der Waals surface area contributed by atoms with Gasteiger partial charge < -0.3 is 10.3 Å². The fourth-order valence-corrected chi connectivity index (χ4v) is 2.91. The number of nitrogens with zero attached hydrogens (tertiary/aromatic N) is 2. The number of benzene rings is 2. The average Bonchev–Trinajstić information content (AvgIpc) is 2.84. The van der Waals surface area contributed by atoms with Crippen LogP contribution in [-0.4, -0.2) is 9.55 Å². The van der Waals surface area contributed by atoms with Gasteiger partial charge >= 0.3 is 0 Å². The number of nitrogens with two attached hydrogens (primary N) is 1. The molecule has 108 valence electrons. The van der Waals surface area contributed by atoms with E-state index in [1.54, 1.807) is 0 Å².